The topological polar surface area (TPSA) is 55.6 Å². The lowest BCUT2D eigenvalue weighted by atomic mass is 10.1. The number of methoxy groups -OCH3 is 1. The third kappa shape index (κ3) is 3.75. The van der Waals surface area contributed by atoms with Crippen LogP contribution in [-0.4, -0.2) is 32.7 Å². The maximum absolute atomic E-state index is 11.2. The Morgan fingerprint density at radius 3 is 2.71 bits per heavy atom. The van der Waals surface area contributed by atoms with Gasteiger partial charge in [-0.15, -0.1) is 0 Å². The fraction of sp³-hybridized carbons (Fsp3) is 0.462. The molecule has 0 aliphatic heterocycles. The number of rotatable bonds is 5. The predicted molar refractivity (Wildman–Crippen MR) is 69.1 cm³/mol. The highest BCUT2D eigenvalue weighted by Crippen LogP contribution is 2.17. The Morgan fingerprint density at radius 2 is 2.12 bits per heavy atom. The molecule has 0 saturated carbocycles. The van der Waals surface area contributed by atoms with Crippen LogP contribution < -0.4 is 10.6 Å². The summed E-state index contributed by atoms with van der Waals surface area (Å²) in [5.41, 5.74) is 8.06. The molecule has 1 atom stereocenters. The number of esters is 1. The van der Waals surface area contributed by atoms with Gasteiger partial charge in [0, 0.05) is 19.3 Å². The average molecular weight is 236 g/mol. The molecular weight excluding hydrogens is 216 g/mol. The van der Waals surface area contributed by atoms with Crippen LogP contribution in [0.5, 0.6) is 0 Å². The van der Waals surface area contributed by atoms with Crippen molar-refractivity contribution < 1.29 is 9.53 Å². The molecule has 0 spiro atoms. The second kappa shape index (κ2) is 6.25. The number of anilines is 1. The first kappa shape index (κ1) is 13.5. The van der Waals surface area contributed by atoms with E-state index in [1.807, 2.05) is 19.2 Å². The predicted octanol–water partition coefficient (Wildman–Crippen LogP) is 1.32. The largest absolute Gasteiger partial charge is 0.468 e. The summed E-state index contributed by atoms with van der Waals surface area (Å²) in [7, 11) is 3.35. The van der Waals surface area contributed by atoms with Gasteiger partial charge in [-0.05, 0) is 25.0 Å². The molecule has 94 valence electrons. The number of hydrogen-bond acceptors (Lipinski definition) is 4. The Hall–Kier alpha value is -1.55. The van der Waals surface area contributed by atoms with E-state index in [1.54, 1.807) is 0 Å². The second-order valence-corrected chi connectivity index (χ2v) is 4.13. The zero-order valence-corrected chi connectivity index (χ0v) is 10.6. The third-order valence-corrected chi connectivity index (χ3v) is 2.81. The van der Waals surface area contributed by atoms with Gasteiger partial charge in [0.15, 0.2) is 0 Å². The molecule has 0 heterocycles. The molecular formula is C13H20N2O2. The van der Waals surface area contributed by atoms with Crippen LogP contribution in [0.25, 0.3) is 0 Å². The van der Waals surface area contributed by atoms with E-state index in [4.69, 9.17) is 5.73 Å². The number of nitrogens with two attached hydrogens (primary N) is 1. The van der Waals surface area contributed by atoms with Gasteiger partial charge in [-0.2, -0.15) is 0 Å². The summed E-state index contributed by atoms with van der Waals surface area (Å²) < 4.78 is 4.59. The van der Waals surface area contributed by atoms with E-state index in [0.717, 1.165) is 12.2 Å². The van der Waals surface area contributed by atoms with Crippen LogP contribution in [0.2, 0.25) is 0 Å². The lowest BCUT2D eigenvalue weighted by molar-refractivity contribution is -0.142. The zero-order valence-electron chi connectivity index (χ0n) is 10.6. The molecule has 0 aromatic heterocycles. The molecule has 0 aliphatic carbocycles. The molecule has 1 aromatic carbocycles. The summed E-state index contributed by atoms with van der Waals surface area (Å²) >= 11 is 0. The molecule has 1 rings (SSSR count). The summed E-state index contributed by atoms with van der Waals surface area (Å²) in [5, 5.41) is 0. The van der Waals surface area contributed by atoms with Crippen LogP contribution >= 0.6 is 0 Å². The molecule has 0 saturated heterocycles. The minimum absolute atomic E-state index is 0.358. The van der Waals surface area contributed by atoms with Gasteiger partial charge >= 0.3 is 5.97 Å². The van der Waals surface area contributed by atoms with Gasteiger partial charge in [0.25, 0.3) is 0 Å². The van der Waals surface area contributed by atoms with Gasteiger partial charge in [-0.1, -0.05) is 18.2 Å². The molecule has 0 fully saturated rings. The Bertz CT molecular complexity index is 379. The molecule has 0 bridgehead atoms. The minimum atomic E-state index is -0.550. The first-order chi connectivity index (χ1) is 8.06. The first-order valence-corrected chi connectivity index (χ1v) is 5.66. The maximum Gasteiger partial charge on any atom is 0.322 e. The van der Waals surface area contributed by atoms with E-state index in [9.17, 15) is 4.79 Å². The molecule has 1 unspecified atom stereocenters. The van der Waals surface area contributed by atoms with E-state index in [2.05, 4.69) is 28.7 Å². The quantitative estimate of drug-likeness (QED) is 0.783. The van der Waals surface area contributed by atoms with E-state index in [1.165, 1.54) is 12.7 Å². The number of carbonyl (C=O) groups excluding carboxylic acids is 1. The van der Waals surface area contributed by atoms with E-state index >= 15 is 0 Å². The Kier molecular flexibility index (Phi) is 4.97. The molecule has 0 amide bonds. The molecule has 17 heavy (non-hydrogen) atoms. The lowest BCUT2D eigenvalue weighted by Gasteiger charge is -2.22. The summed E-state index contributed by atoms with van der Waals surface area (Å²) in [6.45, 7) is 2.78. The SMILES string of the molecule is COC(=O)C(N)CCN(C)c1ccccc1C. The molecule has 0 radical (unpaired) electrons. The number of ether oxygens (including phenoxy) is 1. The van der Waals surface area contributed by atoms with Gasteiger partial charge in [0.2, 0.25) is 0 Å². The van der Waals surface area contributed by atoms with E-state index < -0.39 is 6.04 Å². The number of aryl methyl sites for hydroxylation is 1. The van der Waals surface area contributed by atoms with Crippen molar-refractivity contribution >= 4 is 11.7 Å². The van der Waals surface area contributed by atoms with Gasteiger partial charge in [-0.3, -0.25) is 4.79 Å². The Labute approximate surface area is 102 Å². The van der Waals surface area contributed by atoms with Crippen molar-refractivity contribution in [3.8, 4) is 0 Å². The number of para-hydroxylation sites is 1. The minimum Gasteiger partial charge on any atom is -0.468 e. The van der Waals surface area contributed by atoms with Crippen molar-refractivity contribution in [2.45, 2.75) is 19.4 Å². The molecule has 2 N–H and O–H groups in total. The van der Waals surface area contributed by atoms with Crippen molar-refractivity contribution in [3.05, 3.63) is 29.8 Å². The lowest BCUT2D eigenvalue weighted by Crippen LogP contribution is -2.35. The summed E-state index contributed by atoms with van der Waals surface area (Å²) in [5.74, 6) is -0.358. The van der Waals surface area contributed by atoms with Crippen LogP contribution in [0.4, 0.5) is 5.69 Å². The fourth-order valence-electron chi connectivity index (χ4n) is 1.71. The standard InChI is InChI=1S/C13H20N2O2/c1-10-6-4-5-7-12(10)15(2)9-8-11(14)13(16)17-3/h4-7,11H,8-9,14H2,1-3H3. The number of nitrogens with zero attached hydrogens (tertiary/aromatic N) is 1. The van der Waals surface area contributed by atoms with Gasteiger partial charge in [0.1, 0.15) is 6.04 Å². The molecule has 1 aromatic rings. The van der Waals surface area contributed by atoms with Crippen LogP contribution in [0.3, 0.4) is 0 Å². The number of hydrogen-bond donors (Lipinski definition) is 1. The van der Waals surface area contributed by atoms with Crippen molar-refractivity contribution in [3.63, 3.8) is 0 Å². The smallest absolute Gasteiger partial charge is 0.322 e. The highest BCUT2D eigenvalue weighted by atomic mass is 16.5. The van der Waals surface area contributed by atoms with Crippen molar-refractivity contribution in [2.75, 3.05) is 25.6 Å². The van der Waals surface area contributed by atoms with Crippen LogP contribution in [0, 0.1) is 6.92 Å². The van der Waals surface area contributed by atoms with E-state index in [-0.39, 0.29) is 5.97 Å². The van der Waals surface area contributed by atoms with Crippen LogP contribution in [-0.2, 0) is 9.53 Å². The monoisotopic (exact) mass is 236 g/mol. The van der Waals surface area contributed by atoms with Crippen LogP contribution in [0.1, 0.15) is 12.0 Å². The number of carbonyl (C=O) groups is 1. The summed E-state index contributed by atoms with van der Waals surface area (Å²) in [6.07, 6.45) is 0.581. The highest BCUT2D eigenvalue weighted by Gasteiger charge is 2.14. The highest BCUT2D eigenvalue weighted by molar-refractivity contribution is 5.75. The molecule has 0 aliphatic rings. The summed E-state index contributed by atoms with van der Waals surface area (Å²) in [4.78, 5) is 13.3. The molecule has 4 nitrogen and oxygen atoms in total. The van der Waals surface area contributed by atoms with Crippen molar-refractivity contribution in [2.24, 2.45) is 5.73 Å². The fourth-order valence-corrected chi connectivity index (χ4v) is 1.71. The normalized spacial score (nSPS) is 12.0. The second-order valence-electron chi connectivity index (χ2n) is 4.13. The third-order valence-electron chi connectivity index (χ3n) is 2.81. The van der Waals surface area contributed by atoms with Crippen molar-refractivity contribution in [1.82, 2.24) is 0 Å². The Morgan fingerprint density at radius 1 is 1.47 bits per heavy atom. The summed E-state index contributed by atoms with van der Waals surface area (Å²) in [6, 6.07) is 7.57. The molecule has 4 heteroatoms. The first-order valence-electron chi connectivity index (χ1n) is 5.66. The van der Waals surface area contributed by atoms with Gasteiger partial charge in [-0.25, -0.2) is 0 Å². The maximum atomic E-state index is 11.2. The average Bonchev–Trinajstić information content (AvgIpc) is 2.35. The van der Waals surface area contributed by atoms with Crippen LogP contribution in [0.15, 0.2) is 24.3 Å². The van der Waals surface area contributed by atoms with Gasteiger partial charge in [0.05, 0.1) is 7.11 Å². The zero-order chi connectivity index (χ0) is 12.8. The van der Waals surface area contributed by atoms with E-state index in [0.29, 0.717) is 6.42 Å². The number of benzene rings is 1. The Balaban J connectivity index is 2.53. The van der Waals surface area contributed by atoms with Gasteiger partial charge < -0.3 is 15.4 Å². The van der Waals surface area contributed by atoms with Crippen molar-refractivity contribution in [1.29, 1.82) is 0 Å².